The van der Waals surface area contributed by atoms with Crippen LogP contribution in [0.15, 0.2) is 41.5 Å². The second-order valence-electron chi connectivity index (χ2n) is 3.32. The minimum atomic E-state index is -0.742. The Kier molecular flexibility index (Phi) is 4.06. The molecule has 7 heteroatoms. The average Bonchev–Trinajstić information content (AvgIpc) is 2.68. The molecule has 2 aromatic rings. The van der Waals surface area contributed by atoms with Gasteiger partial charge in [-0.25, -0.2) is 5.53 Å². The van der Waals surface area contributed by atoms with Gasteiger partial charge in [0.25, 0.3) is 5.91 Å². The van der Waals surface area contributed by atoms with Crippen LogP contribution in [0.1, 0.15) is 10.4 Å². The van der Waals surface area contributed by atoms with Gasteiger partial charge >= 0.3 is 0 Å². The number of nitrogens with zero attached hydrogens (tertiary/aromatic N) is 2. The van der Waals surface area contributed by atoms with E-state index in [0.717, 1.165) is 4.57 Å². The van der Waals surface area contributed by atoms with Crippen molar-refractivity contribution in [1.29, 1.82) is 5.53 Å². The van der Waals surface area contributed by atoms with Gasteiger partial charge in [-0.3, -0.25) is 9.36 Å². The fraction of sp³-hybridized carbons (Fsp3) is 0. The van der Waals surface area contributed by atoms with E-state index in [1.165, 1.54) is 24.3 Å². The number of benzene rings is 1. The van der Waals surface area contributed by atoms with E-state index in [0.29, 0.717) is 0 Å². The first-order valence-electron chi connectivity index (χ1n) is 4.76. The molecule has 0 fully saturated rings. The van der Waals surface area contributed by atoms with Gasteiger partial charge in [0, 0.05) is 12.1 Å². The molecule has 0 saturated heterocycles. The van der Waals surface area contributed by atoms with Gasteiger partial charge in [0.2, 0.25) is 0 Å². The molecule has 0 aliphatic rings. The predicted octanol–water partition coefficient (Wildman–Crippen LogP) is 2.48. The molecule has 0 aliphatic carbocycles. The SMILES string of the molecule is Cl.N=NC(=O)c1ccccc1-n1c(O)ccc1O. The lowest BCUT2D eigenvalue weighted by Gasteiger charge is -2.09. The Balaban J connectivity index is 0.00000162. The number of halogens is 1. The average molecular weight is 268 g/mol. The maximum absolute atomic E-state index is 11.4. The molecule has 0 spiro atoms. The summed E-state index contributed by atoms with van der Waals surface area (Å²) >= 11 is 0. The van der Waals surface area contributed by atoms with Crippen molar-refractivity contribution in [1.82, 2.24) is 4.57 Å². The molecule has 94 valence electrons. The molecule has 0 bridgehead atoms. The van der Waals surface area contributed by atoms with E-state index in [4.69, 9.17) is 5.53 Å². The molecular formula is C11H10ClN3O3. The molecule has 0 aliphatic heterocycles. The Bertz CT molecular complexity index is 575. The van der Waals surface area contributed by atoms with E-state index in [9.17, 15) is 15.0 Å². The minimum Gasteiger partial charge on any atom is -0.494 e. The Morgan fingerprint density at radius 3 is 2.22 bits per heavy atom. The van der Waals surface area contributed by atoms with Gasteiger partial charge in [-0.15, -0.1) is 17.5 Å². The standard InChI is InChI=1S/C11H9N3O3.ClH/c12-13-11(17)7-3-1-2-4-8(7)14-9(15)5-6-10(14)16;/h1-6,12,15-16H;1H. The molecule has 1 aromatic heterocycles. The first-order chi connectivity index (χ1) is 8.15. The Morgan fingerprint density at radius 2 is 1.67 bits per heavy atom. The number of aromatic hydroxyl groups is 2. The van der Waals surface area contributed by atoms with Crippen LogP contribution in [0.2, 0.25) is 0 Å². The van der Waals surface area contributed by atoms with Crippen molar-refractivity contribution in [3.8, 4) is 17.4 Å². The van der Waals surface area contributed by atoms with E-state index in [1.54, 1.807) is 12.1 Å². The number of hydrogen-bond acceptors (Lipinski definition) is 4. The molecule has 1 aromatic carbocycles. The number of hydrogen-bond donors (Lipinski definition) is 3. The number of carbonyl (C=O) groups excluding carboxylic acids is 1. The summed E-state index contributed by atoms with van der Waals surface area (Å²) in [5.74, 6) is -1.14. The van der Waals surface area contributed by atoms with Crippen LogP contribution in [0.4, 0.5) is 0 Å². The highest BCUT2D eigenvalue weighted by Gasteiger charge is 2.15. The third kappa shape index (κ3) is 2.18. The molecule has 2 rings (SSSR count). The molecule has 3 N–H and O–H groups in total. The molecule has 0 atom stereocenters. The first-order valence-corrected chi connectivity index (χ1v) is 4.76. The lowest BCUT2D eigenvalue weighted by atomic mass is 10.1. The summed E-state index contributed by atoms with van der Waals surface area (Å²) in [6.07, 6.45) is 0. The molecule has 0 unspecified atom stereocenters. The Morgan fingerprint density at radius 1 is 1.11 bits per heavy atom. The van der Waals surface area contributed by atoms with Gasteiger partial charge < -0.3 is 10.2 Å². The van der Waals surface area contributed by atoms with Gasteiger partial charge in [-0.2, -0.15) is 0 Å². The van der Waals surface area contributed by atoms with Crippen molar-refractivity contribution in [3.05, 3.63) is 42.0 Å². The molecular weight excluding hydrogens is 258 g/mol. The second-order valence-corrected chi connectivity index (χ2v) is 3.32. The number of aromatic nitrogens is 1. The van der Waals surface area contributed by atoms with Gasteiger partial charge in [0.15, 0.2) is 11.8 Å². The third-order valence-corrected chi connectivity index (χ3v) is 2.32. The Hall–Kier alpha value is -2.34. The highest BCUT2D eigenvalue weighted by Crippen LogP contribution is 2.28. The van der Waals surface area contributed by atoms with Crippen LogP contribution in [0.3, 0.4) is 0 Å². The van der Waals surface area contributed by atoms with Crippen molar-refractivity contribution >= 4 is 18.3 Å². The van der Waals surface area contributed by atoms with Crippen LogP contribution in [0.5, 0.6) is 11.8 Å². The maximum atomic E-state index is 11.4. The lowest BCUT2D eigenvalue weighted by Crippen LogP contribution is -2.03. The Labute approximate surface area is 108 Å². The highest BCUT2D eigenvalue weighted by atomic mass is 35.5. The van der Waals surface area contributed by atoms with Crippen molar-refractivity contribution in [3.63, 3.8) is 0 Å². The normalized spacial score (nSPS) is 9.56. The summed E-state index contributed by atoms with van der Waals surface area (Å²) in [7, 11) is 0. The summed E-state index contributed by atoms with van der Waals surface area (Å²) in [6, 6.07) is 8.86. The van der Waals surface area contributed by atoms with Crippen molar-refractivity contribution in [2.75, 3.05) is 0 Å². The van der Waals surface area contributed by atoms with Gasteiger partial charge in [0.05, 0.1) is 11.3 Å². The van der Waals surface area contributed by atoms with Crippen molar-refractivity contribution in [2.45, 2.75) is 0 Å². The third-order valence-electron chi connectivity index (χ3n) is 2.32. The van der Waals surface area contributed by atoms with Crippen LogP contribution < -0.4 is 0 Å². The van der Waals surface area contributed by atoms with E-state index < -0.39 is 5.91 Å². The zero-order chi connectivity index (χ0) is 12.4. The monoisotopic (exact) mass is 267 g/mol. The number of amides is 1. The summed E-state index contributed by atoms with van der Waals surface area (Å²) in [4.78, 5) is 11.4. The van der Waals surface area contributed by atoms with Crippen molar-refractivity contribution < 1.29 is 15.0 Å². The number of rotatable bonds is 2. The number of carbonyl (C=O) groups is 1. The summed E-state index contributed by atoms with van der Waals surface area (Å²) in [5, 5.41) is 22.0. The van der Waals surface area contributed by atoms with E-state index in [-0.39, 0.29) is 35.4 Å². The predicted molar refractivity (Wildman–Crippen MR) is 65.8 cm³/mol. The topological polar surface area (TPSA) is 98.7 Å². The number of nitrogens with one attached hydrogen (secondary N) is 1. The minimum absolute atomic E-state index is 0. The fourth-order valence-electron chi connectivity index (χ4n) is 1.57. The zero-order valence-corrected chi connectivity index (χ0v) is 9.89. The van der Waals surface area contributed by atoms with Crippen molar-refractivity contribution in [2.24, 2.45) is 5.11 Å². The fourth-order valence-corrected chi connectivity index (χ4v) is 1.57. The van der Waals surface area contributed by atoms with E-state index >= 15 is 0 Å². The molecule has 6 nitrogen and oxygen atoms in total. The molecule has 0 radical (unpaired) electrons. The van der Waals surface area contributed by atoms with Crippen LogP contribution >= 0.6 is 12.4 Å². The van der Waals surface area contributed by atoms with Crippen LogP contribution in [0.25, 0.3) is 5.69 Å². The smallest absolute Gasteiger partial charge is 0.296 e. The largest absolute Gasteiger partial charge is 0.494 e. The molecule has 18 heavy (non-hydrogen) atoms. The lowest BCUT2D eigenvalue weighted by molar-refractivity contribution is 0.0991. The van der Waals surface area contributed by atoms with Gasteiger partial charge in [0.1, 0.15) is 0 Å². The first kappa shape index (κ1) is 13.7. The zero-order valence-electron chi connectivity index (χ0n) is 9.07. The van der Waals surface area contributed by atoms with Crippen LogP contribution in [-0.2, 0) is 0 Å². The van der Waals surface area contributed by atoms with E-state index in [2.05, 4.69) is 5.11 Å². The molecule has 0 saturated carbocycles. The van der Waals surface area contributed by atoms with Gasteiger partial charge in [-0.1, -0.05) is 12.1 Å². The second kappa shape index (κ2) is 5.33. The molecule has 1 amide bonds. The summed E-state index contributed by atoms with van der Waals surface area (Å²) in [5.41, 5.74) is 7.12. The quantitative estimate of drug-likeness (QED) is 0.729. The molecule has 1 heterocycles. The number of para-hydroxylation sites is 1. The summed E-state index contributed by atoms with van der Waals surface area (Å²) in [6.45, 7) is 0. The highest BCUT2D eigenvalue weighted by molar-refractivity contribution is 5.98. The van der Waals surface area contributed by atoms with Gasteiger partial charge in [-0.05, 0) is 12.1 Å². The van der Waals surface area contributed by atoms with E-state index in [1.807, 2.05) is 0 Å². The summed E-state index contributed by atoms with van der Waals surface area (Å²) < 4.78 is 1.10. The van der Waals surface area contributed by atoms with Crippen LogP contribution in [0, 0.1) is 5.53 Å². The maximum Gasteiger partial charge on any atom is 0.296 e. The van der Waals surface area contributed by atoms with Crippen LogP contribution in [-0.4, -0.2) is 20.7 Å².